The number of rotatable bonds is 8. The van der Waals surface area contributed by atoms with Crippen LogP contribution in [0.2, 0.25) is 0 Å². The first-order valence-electron chi connectivity index (χ1n) is 25.9. The van der Waals surface area contributed by atoms with Gasteiger partial charge in [-0.1, -0.05) is 154 Å². The van der Waals surface area contributed by atoms with Crippen molar-refractivity contribution in [2.75, 3.05) is 0 Å². The molecule has 4 N–H and O–H groups in total. The molecule has 14 heteroatoms. The summed E-state index contributed by atoms with van der Waals surface area (Å²) in [5.41, 5.74) is 5.68. The molecule has 0 bridgehead atoms. The Balaban J connectivity index is 0.000000211. The van der Waals surface area contributed by atoms with Crippen molar-refractivity contribution in [1.82, 2.24) is 0 Å². The van der Waals surface area contributed by atoms with Crippen LogP contribution in [0.15, 0.2) is 0 Å². The van der Waals surface area contributed by atoms with Gasteiger partial charge in [0.2, 0.25) is 0 Å². The molecule has 8 fully saturated rings. The Morgan fingerprint density at radius 3 is 0.371 bits per heavy atom. The van der Waals surface area contributed by atoms with Crippen LogP contribution >= 0.6 is 70.7 Å². The monoisotopic (exact) mass is 1210 g/mol. The van der Waals surface area contributed by atoms with E-state index in [-0.39, 0.29) is 31.9 Å². The van der Waals surface area contributed by atoms with Crippen molar-refractivity contribution in [3.63, 3.8) is 0 Å². The fourth-order valence-corrected chi connectivity index (χ4v) is 21.5. The summed E-state index contributed by atoms with van der Waals surface area (Å²) in [5.74, 6) is 0. The summed E-state index contributed by atoms with van der Waals surface area (Å²) < 4.78 is 0. The molecule has 376 valence electrons. The second-order valence-corrected chi connectivity index (χ2v) is 33.5. The van der Waals surface area contributed by atoms with Gasteiger partial charge in [0.15, 0.2) is 0 Å². The Bertz CT molecular complexity index is 782. The summed E-state index contributed by atoms with van der Waals surface area (Å²) >= 11 is -0.211. The Morgan fingerprint density at radius 2 is 0.290 bits per heavy atom. The maximum atomic E-state index is 10.4. The zero-order valence-electron chi connectivity index (χ0n) is 38.6. The third-order valence-corrected chi connectivity index (χ3v) is 25.7. The SMILES string of the molecule is OP(C1CCCCC1)C1CCCCC1.OP(C1CCCCC1)C1CCCCC1.OP(C1CCCCC1)C1CCCCC1.OP(C1CCCCC1)C1CCCCC1.[Cl][Pd][Cl].[Cl][Pd][Cl]. The molecule has 8 rings (SSSR count). The summed E-state index contributed by atoms with van der Waals surface area (Å²) in [7, 11) is 16.8. The van der Waals surface area contributed by atoms with E-state index in [1.165, 1.54) is 257 Å². The van der Waals surface area contributed by atoms with Crippen molar-refractivity contribution >= 4 is 70.7 Å². The van der Waals surface area contributed by atoms with Gasteiger partial charge in [-0.25, -0.2) is 0 Å². The molecule has 8 aliphatic rings. The Morgan fingerprint density at radius 1 is 0.210 bits per heavy atom. The van der Waals surface area contributed by atoms with E-state index < -0.39 is 32.6 Å². The molecular weight excluding hydrogens is 1120 g/mol. The van der Waals surface area contributed by atoms with Gasteiger partial charge in [0.05, 0.1) is 0 Å². The first-order valence-corrected chi connectivity index (χ1v) is 39.6. The molecular formula is C48H92Cl4O4P4Pd2. The minimum atomic E-state index is -0.617. The molecule has 8 aliphatic carbocycles. The average molecular weight is 1210 g/mol. The van der Waals surface area contributed by atoms with Gasteiger partial charge in [-0.15, -0.1) is 0 Å². The summed E-state index contributed by atoms with van der Waals surface area (Å²) in [6, 6.07) is 0. The van der Waals surface area contributed by atoms with Crippen molar-refractivity contribution in [2.45, 2.75) is 302 Å². The molecule has 62 heavy (non-hydrogen) atoms. The minimum absolute atomic E-state index is 0.106. The molecule has 0 spiro atoms. The van der Waals surface area contributed by atoms with Crippen molar-refractivity contribution < 1.29 is 51.5 Å². The number of hydrogen-bond acceptors (Lipinski definition) is 4. The van der Waals surface area contributed by atoms with Crippen molar-refractivity contribution in [3.8, 4) is 0 Å². The van der Waals surface area contributed by atoms with Crippen LogP contribution in [0.3, 0.4) is 0 Å². The fraction of sp³-hybridized carbons (Fsp3) is 1.00. The third kappa shape index (κ3) is 25.4. The molecule has 0 radical (unpaired) electrons. The molecule has 0 heterocycles. The van der Waals surface area contributed by atoms with Gasteiger partial charge in [-0.05, 0) is 103 Å². The van der Waals surface area contributed by atoms with Gasteiger partial charge < -0.3 is 19.6 Å². The van der Waals surface area contributed by atoms with Crippen LogP contribution in [0.1, 0.15) is 257 Å². The van der Waals surface area contributed by atoms with E-state index in [1.807, 2.05) is 0 Å². The van der Waals surface area contributed by atoms with E-state index in [1.54, 1.807) is 0 Å². The Labute approximate surface area is 420 Å². The summed E-state index contributed by atoms with van der Waals surface area (Å²) in [6.07, 6.45) is 54.3. The first kappa shape index (κ1) is 60.3. The van der Waals surface area contributed by atoms with Gasteiger partial charge in [0.25, 0.3) is 0 Å². The summed E-state index contributed by atoms with van der Waals surface area (Å²) in [6.45, 7) is 0. The first-order chi connectivity index (χ1) is 30.3. The van der Waals surface area contributed by atoms with E-state index in [0.29, 0.717) is 45.3 Å². The molecule has 8 saturated carbocycles. The summed E-state index contributed by atoms with van der Waals surface area (Å²) in [5, 5.41) is 0. The van der Waals surface area contributed by atoms with E-state index in [9.17, 15) is 19.6 Å². The number of halogens is 4. The molecule has 0 aromatic heterocycles. The second kappa shape index (κ2) is 39.6. The molecule has 0 aromatic rings. The van der Waals surface area contributed by atoms with Crippen LogP contribution in [-0.2, 0) is 31.9 Å². The molecule has 0 atom stereocenters. The Hall–Kier alpha value is 4.04. The summed E-state index contributed by atoms with van der Waals surface area (Å²) in [4.78, 5) is 41.5. The predicted octanol–water partition coefficient (Wildman–Crippen LogP) is 18.9. The standard InChI is InChI=1S/4C12H23OP.4ClH.2Pd/c4*13-14(11-7-3-1-4-8-11)12-9-5-2-6-10-12;;;;;;/h4*11-13H,1-10H2;4*1H;;/q;;;;;;;;2*+2/p-4. The van der Waals surface area contributed by atoms with Gasteiger partial charge in [-0.2, -0.15) is 0 Å². The topological polar surface area (TPSA) is 80.9 Å². The zero-order valence-corrected chi connectivity index (χ0v) is 48.3. The second-order valence-electron chi connectivity index (χ2n) is 19.9. The van der Waals surface area contributed by atoms with Gasteiger partial charge in [-0.3, -0.25) is 0 Å². The van der Waals surface area contributed by atoms with E-state index in [4.69, 9.17) is 38.1 Å². The maximum absolute atomic E-state index is 10.4. The van der Waals surface area contributed by atoms with Crippen LogP contribution in [0.25, 0.3) is 0 Å². The molecule has 0 unspecified atom stereocenters. The van der Waals surface area contributed by atoms with Crippen molar-refractivity contribution in [3.05, 3.63) is 0 Å². The molecule has 0 aromatic carbocycles. The van der Waals surface area contributed by atoms with Crippen molar-refractivity contribution in [1.29, 1.82) is 0 Å². The van der Waals surface area contributed by atoms with E-state index in [2.05, 4.69) is 0 Å². The predicted molar refractivity (Wildman–Crippen MR) is 275 cm³/mol. The van der Waals surface area contributed by atoms with Crippen LogP contribution in [0.5, 0.6) is 0 Å². The fourth-order valence-electron chi connectivity index (χ4n) is 12.0. The van der Waals surface area contributed by atoms with Crippen molar-refractivity contribution in [2.24, 2.45) is 0 Å². The molecule has 0 aliphatic heterocycles. The van der Waals surface area contributed by atoms with Crippen LogP contribution in [0, 0.1) is 0 Å². The molecule has 0 saturated heterocycles. The van der Waals surface area contributed by atoms with Gasteiger partial charge >= 0.3 is 70.0 Å². The quantitative estimate of drug-likeness (QED) is 0.144. The van der Waals surface area contributed by atoms with E-state index in [0.717, 1.165) is 0 Å². The van der Waals surface area contributed by atoms with Gasteiger partial charge in [0.1, 0.15) is 0 Å². The molecule has 0 amide bonds. The average Bonchev–Trinajstić information content (AvgIpc) is 3.36. The van der Waals surface area contributed by atoms with E-state index >= 15 is 0 Å². The van der Waals surface area contributed by atoms with Crippen LogP contribution in [0.4, 0.5) is 0 Å². The Kier molecular flexibility index (Phi) is 38.6. The zero-order chi connectivity index (χ0) is 44.6. The normalized spacial score (nSPS) is 25.1. The third-order valence-electron chi connectivity index (χ3n) is 15.6. The molecule has 4 nitrogen and oxygen atoms in total. The van der Waals surface area contributed by atoms with Gasteiger partial charge in [0, 0.05) is 77.9 Å². The number of hydrogen-bond donors (Lipinski definition) is 4. The van der Waals surface area contributed by atoms with Crippen LogP contribution < -0.4 is 0 Å². The van der Waals surface area contributed by atoms with Crippen LogP contribution in [-0.4, -0.2) is 64.8 Å².